The zero-order valence-electron chi connectivity index (χ0n) is 13.0. The summed E-state index contributed by atoms with van der Waals surface area (Å²) in [6.45, 7) is 0. The minimum absolute atomic E-state index is 0.231. The largest absolute Gasteiger partial charge is 0.493 e. The van der Waals surface area contributed by atoms with E-state index in [4.69, 9.17) is 9.47 Å². The van der Waals surface area contributed by atoms with E-state index in [2.05, 4.69) is 15.9 Å². The number of alkyl halides is 1. The molecule has 1 heterocycles. The molecular formula is C18H20BrFO3. The van der Waals surface area contributed by atoms with Crippen LogP contribution in [0.3, 0.4) is 0 Å². The molecular weight excluding hydrogens is 363 g/mol. The number of rotatable bonds is 1. The summed E-state index contributed by atoms with van der Waals surface area (Å²) in [5.74, 6) is 2.19. The Labute approximate surface area is 143 Å². The van der Waals surface area contributed by atoms with Crippen LogP contribution in [0.5, 0.6) is 11.5 Å². The van der Waals surface area contributed by atoms with Crippen molar-refractivity contribution in [2.45, 2.75) is 55.9 Å². The maximum atomic E-state index is 14.5. The minimum atomic E-state index is -1.19. The second-order valence-electron chi connectivity index (χ2n) is 7.53. The Hall–Kier alpha value is -0.810. The summed E-state index contributed by atoms with van der Waals surface area (Å²) in [5.41, 5.74) is 2.25. The van der Waals surface area contributed by atoms with Crippen LogP contribution in [0.15, 0.2) is 10.5 Å². The molecule has 0 saturated heterocycles. The van der Waals surface area contributed by atoms with E-state index in [1.54, 1.807) is 7.11 Å². The van der Waals surface area contributed by atoms with Crippen molar-refractivity contribution in [3.8, 4) is 11.5 Å². The lowest BCUT2D eigenvalue weighted by atomic mass is 9.48. The van der Waals surface area contributed by atoms with Crippen molar-refractivity contribution in [2.75, 3.05) is 7.11 Å². The predicted molar refractivity (Wildman–Crippen MR) is 86.8 cm³/mol. The molecule has 3 aliphatic carbocycles. The smallest absolute Gasteiger partial charge is 0.166 e. The Morgan fingerprint density at radius 3 is 3.09 bits per heavy atom. The van der Waals surface area contributed by atoms with Crippen molar-refractivity contribution in [3.05, 3.63) is 21.7 Å². The molecule has 2 bridgehead atoms. The van der Waals surface area contributed by atoms with Gasteiger partial charge in [0.05, 0.1) is 7.11 Å². The second-order valence-corrected chi connectivity index (χ2v) is 8.38. The molecule has 0 amide bonds. The molecule has 3 nitrogen and oxygen atoms in total. The van der Waals surface area contributed by atoms with Crippen LogP contribution < -0.4 is 9.47 Å². The van der Waals surface area contributed by atoms with Crippen molar-refractivity contribution in [3.63, 3.8) is 0 Å². The molecule has 0 aromatic heterocycles. The Morgan fingerprint density at radius 2 is 2.30 bits per heavy atom. The van der Waals surface area contributed by atoms with Gasteiger partial charge in [0.25, 0.3) is 0 Å². The van der Waals surface area contributed by atoms with Gasteiger partial charge >= 0.3 is 0 Å². The quantitative estimate of drug-likeness (QED) is 0.807. The van der Waals surface area contributed by atoms with Crippen LogP contribution >= 0.6 is 15.9 Å². The van der Waals surface area contributed by atoms with Gasteiger partial charge < -0.3 is 14.6 Å². The summed E-state index contributed by atoms with van der Waals surface area (Å²) in [5, 5.41) is 10.5. The van der Waals surface area contributed by atoms with Crippen LogP contribution in [0.1, 0.15) is 36.8 Å². The lowest BCUT2D eigenvalue weighted by Crippen LogP contribution is -2.63. The number of methoxy groups -OCH3 is 1. The number of halogens is 2. The molecule has 2 saturated carbocycles. The third-order valence-corrected chi connectivity index (χ3v) is 7.47. The number of hydrogen-bond acceptors (Lipinski definition) is 3. The summed E-state index contributed by atoms with van der Waals surface area (Å²) < 4.78 is 27.3. The van der Waals surface area contributed by atoms with Gasteiger partial charge in [0, 0.05) is 15.5 Å². The molecule has 6 unspecified atom stereocenters. The van der Waals surface area contributed by atoms with Crippen LogP contribution in [-0.2, 0) is 11.8 Å². The molecule has 1 spiro atoms. The van der Waals surface area contributed by atoms with Crippen LogP contribution in [-0.4, -0.2) is 30.6 Å². The van der Waals surface area contributed by atoms with E-state index in [-0.39, 0.29) is 11.3 Å². The summed E-state index contributed by atoms with van der Waals surface area (Å²) >= 11 is 3.70. The van der Waals surface area contributed by atoms with Crippen LogP contribution in [0.4, 0.5) is 4.39 Å². The fraction of sp³-hybridized carbons (Fsp3) is 0.667. The fourth-order valence-electron chi connectivity index (χ4n) is 5.97. The third kappa shape index (κ3) is 1.58. The van der Waals surface area contributed by atoms with E-state index in [1.807, 2.05) is 6.07 Å². The number of aliphatic hydroxyl groups is 1. The summed E-state index contributed by atoms with van der Waals surface area (Å²) in [7, 11) is 1.63. The van der Waals surface area contributed by atoms with Gasteiger partial charge in [-0.1, -0.05) is 22.4 Å². The van der Waals surface area contributed by atoms with E-state index in [0.29, 0.717) is 18.1 Å². The summed E-state index contributed by atoms with van der Waals surface area (Å²) in [6, 6.07) is 1.96. The van der Waals surface area contributed by atoms with Crippen molar-refractivity contribution in [1.29, 1.82) is 0 Å². The van der Waals surface area contributed by atoms with Gasteiger partial charge in [-0.2, -0.15) is 0 Å². The van der Waals surface area contributed by atoms with Gasteiger partial charge in [-0.15, -0.1) is 0 Å². The highest BCUT2D eigenvalue weighted by Crippen LogP contribution is 2.66. The van der Waals surface area contributed by atoms with E-state index >= 15 is 0 Å². The van der Waals surface area contributed by atoms with Gasteiger partial charge in [0.1, 0.15) is 18.4 Å². The molecule has 6 atom stereocenters. The number of hydrogen-bond donors (Lipinski definition) is 1. The highest BCUT2D eigenvalue weighted by molar-refractivity contribution is 9.10. The van der Waals surface area contributed by atoms with Crippen molar-refractivity contribution >= 4 is 15.9 Å². The lowest BCUT2D eigenvalue weighted by Gasteiger charge is -2.56. The topological polar surface area (TPSA) is 38.7 Å². The fourth-order valence-corrected chi connectivity index (χ4v) is 6.53. The standard InChI is InChI=1S/C18H20BrFO3/c1-22-13-7-11(19)9-5-8-3-2-4-18-10(8)6-12(20)15(21)17(18)23-16(13)14(9)18/h7-8,10,12,15,17,21H,2-6H2,1H3. The molecule has 1 aromatic carbocycles. The molecule has 4 aliphatic rings. The van der Waals surface area contributed by atoms with Crippen molar-refractivity contribution in [1.82, 2.24) is 0 Å². The molecule has 2 fully saturated rings. The summed E-state index contributed by atoms with van der Waals surface area (Å²) in [4.78, 5) is 0. The first-order valence-corrected chi connectivity index (χ1v) is 9.26. The Morgan fingerprint density at radius 1 is 1.48 bits per heavy atom. The average Bonchev–Trinajstić information content (AvgIpc) is 2.86. The van der Waals surface area contributed by atoms with Gasteiger partial charge in [-0.05, 0) is 49.1 Å². The summed E-state index contributed by atoms with van der Waals surface area (Å²) in [6.07, 6.45) is 1.96. The lowest BCUT2D eigenvalue weighted by molar-refractivity contribution is -0.122. The second kappa shape index (κ2) is 4.63. The molecule has 0 radical (unpaired) electrons. The van der Waals surface area contributed by atoms with Crippen LogP contribution in [0, 0.1) is 11.8 Å². The predicted octanol–water partition coefficient (Wildman–Crippen LogP) is 3.53. The zero-order valence-corrected chi connectivity index (χ0v) is 14.6. The minimum Gasteiger partial charge on any atom is -0.493 e. The number of ether oxygens (including phenoxy) is 2. The van der Waals surface area contributed by atoms with Crippen LogP contribution in [0.25, 0.3) is 0 Å². The van der Waals surface area contributed by atoms with E-state index in [9.17, 15) is 9.50 Å². The van der Waals surface area contributed by atoms with Crippen molar-refractivity contribution < 1.29 is 19.0 Å². The molecule has 1 N–H and O–H groups in total. The molecule has 1 aromatic rings. The van der Waals surface area contributed by atoms with E-state index < -0.39 is 18.4 Å². The van der Waals surface area contributed by atoms with Gasteiger partial charge in [0.15, 0.2) is 11.5 Å². The molecule has 23 heavy (non-hydrogen) atoms. The Kier molecular flexibility index (Phi) is 2.92. The zero-order chi connectivity index (χ0) is 15.9. The third-order valence-electron chi connectivity index (χ3n) is 6.76. The first kappa shape index (κ1) is 14.5. The number of benzene rings is 1. The Bertz CT molecular complexity index is 693. The average molecular weight is 383 g/mol. The number of aliphatic hydroxyl groups excluding tert-OH is 1. The monoisotopic (exact) mass is 382 g/mol. The van der Waals surface area contributed by atoms with Crippen LogP contribution in [0.2, 0.25) is 0 Å². The first-order valence-electron chi connectivity index (χ1n) is 8.46. The maximum absolute atomic E-state index is 14.5. The maximum Gasteiger partial charge on any atom is 0.166 e. The van der Waals surface area contributed by atoms with Gasteiger partial charge in [0.2, 0.25) is 0 Å². The molecule has 124 valence electrons. The van der Waals surface area contributed by atoms with E-state index in [1.165, 1.54) is 11.1 Å². The van der Waals surface area contributed by atoms with Gasteiger partial charge in [-0.3, -0.25) is 0 Å². The molecule has 5 heteroatoms. The molecule has 5 rings (SSSR count). The van der Waals surface area contributed by atoms with E-state index in [0.717, 1.165) is 35.9 Å². The Balaban J connectivity index is 1.82. The molecule has 1 aliphatic heterocycles. The SMILES string of the molecule is COc1cc(Br)c2c3c1OC1C(O)C(F)CC4C(CCCC341)C2. The highest BCUT2D eigenvalue weighted by atomic mass is 79.9. The van der Waals surface area contributed by atoms with Crippen molar-refractivity contribution in [2.24, 2.45) is 11.8 Å². The highest BCUT2D eigenvalue weighted by Gasteiger charge is 2.66. The van der Waals surface area contributed by atoms with Gasteiger partial charge in [-0.25, -0.2) is 4.39 Å². The normalized spacial score (nSPS) is 42.9. The first-order chi connectivity index (χ1) is 11.1.